The highest BCUT2D eigenvalue weighted by atomic mass is 32.2. The first-order valence-corrected chi connectivity index (χ1v) is 6.96. The van der Waals surface area contributed by atoms with E-state index in [0.717, 1.165) is 0 Å². The zero-order valence-electron chi connectivity index (χ0n) is 8.22. The first kappa shape index (κ1) is 10.7. The topological polar surface area (TPSA) is 12.0 Å². The highest BCUT2D eigenvalue weighted by Crippen LogP contribution is 2.28. The van der Waals surface area contributed by atoms with Gasteiger partial charge in [0, 0.05) is 11.3 Å². The highest BCUT2D eigenvalue weighted by molar-refractivity contribution is 8.00. The summed E-state index contributed by atoms with van der Waals surface area (Å²) in [6, 6.07) is 0. The van der Waals surface area contributed by atoms with E-state index in [1.165, 1.54) is 24.3 Å². The molecule has 1 aliphatic rings. The van der Waals surface area contributed by atoms with Crippen LogP contribution >= 0.6 is 23.5 Å². The lowest BCUT2D eigenvalue weighted by atomic mass is 10.1. The molecule has 1 nitrogen and oxygen atoms in total. The predicted octanol–water partition coefficient (Wildman–Crippen LogP) is 2.57. The van der Waals surface area contributed by atoms with Crippen LogP contribution in [-0.4, -0.2) is 28.7 Å². The van der Waals surface area contributed by atoms with E-state index in [-0.39, 0.29) is 0 Å². The van der Waals surface area contributed by atoms with Gasteiger partial charge in [-0.25, -0.2) is 0 Å². The first-order valence-electron chi connectivity index (χ1n) is 4.52. The lowest BCUT2D eigenvalue weighted by Gasteiger charge is -2.18. The van der Waals surface area contributed by atoms with Crippen LogP contribution in [0.25, 0.3) is 0 Å². The fourth-order valence-corrected chi connectivity index (χ4v) is 3.29. The van der Waals surface area contributed by atoms with Gasteiger partial charge in [0.15, 0.2) is 0 Å². The number of nitrogens with one attached hydrogen (secondary N) is 1. The van der Waals surface area contributed by atoms with E-state index in [1.807, 2.05) is 11.8 Å². The molecule has 0 spiro atoms. The average molecular weight is 205 g/mol. The molecule has 72 valence electrons. The molecule has 3 heteroatoms. The molecule has 0 aromatic carbocycles. The molecule has 0 saturated carbocycles. The number of hydrogen-bond acceptors (Lipinski definition) is 3. The van der Waals surface area contributed by atoms with E-state index in [1.54, 1.807) is 0 Å². The highest BCUT2D eigenvalue weighted by Gasteiger charge is 2.29. The summed E-state index contributed by atoms with van der Waals surface area (Å²) in [5.41, 5.74) is 0.370. The minimum atomic E-state index is 0.370. The molecule has 1 heterocycles. The fourth-order valence-electron chi connectivity index (χ4n) is 1.40. The predicted molar refractivity (Wildman–Crippen MR) is 61.1 cm³/mol. The van der Waals surface area contributed by atoms with Crippen LogP contribution < -0.4 is 5.32 Å². The van der Waals surface area contributed by atoms with Gasteiger partial charge < -0.3 is 0 Å². The number of hydrogen-bond donors (Lipinski definition) is 1. The third kappa shape index (κ3) is 3.58. The van der Waals surface area contributed by atoms with Crippen molar-refractivity contribution < 1.29 is 0 Å². The Bertz CT molecular complexity index is 136. The van der Waals surface area contributed by atoms with Crippen LogP contribution in [0.5, 0.6) is 0 Å². The van der Waals surface area contributed by atoms with Gasteiger partial charge in [0.2, 0.25) is 0 Å². The van der Waals surface area contributed by atoms with Crippen LogP contribution in [0.2, 0.25) is 0 Å². The maximum atomic E-state index is 3.64. The monoisotopic (exact) mass is 205 g/mol. The molecule has 0 aromatic heterocycles. The second-order valence-corrected chi connectivity index (χ2v) is 6.14. The largest absolute Gasteiger partial charge is 0.299 e. The van der Waals surface area contributed by atoms with Gasteiger partial charge in [-0.15, -0.1) is 11.8 Å². The molecule has 0 bridgehead atoms. The molecule has 0 radical (unpaired) electrons. The van der Waals surface area contributed by atoms with Crippen LogP contribution in [0.15, 0.2) is 0 Å². The second-order valence-electron chi connectivity index (χ2n) is 3.96. The van der Waals surface area contributed by atoms with Gasteiger partial charge in [0.1, 0.15) is 0 Å². The van der Waals surface area contributed by atoms with Gasteiger partial charge in [-0.3, -0.25) is 5.32 Å². The van der Waals surface area contributed by atoms with E-state index in [2.05, 4.69) is 37.2 Å². The average Bonchev–Trinajstić information content (AvgIpc) is 2.31. The molecule has 0 amide bonds. The minimum absolute atomic E-state index is 0.370. The van der Waals surface area contributed by atoms with Crippen molar-refractivity contribution >= 4 is 23.5 Å². The van der Waals surface area contributed by atoms with E-state index < -0.39 is 0 Å². The van der Waals surface area contributed by atoms with Crippen molar-refractivity contribution in [3.63, 3.8) is 0 Å². The zero-order chi connectivity index (χ0) is 9.03. The van der Waals surface area contributed by atoms with Crippen molar-refractivity contribution in [2.45, 2.75) is 37.6 Å². The Balaban J connectivity index is 2.11. The molecule has 1 fully saturated rings. The lowest BCUT2D eigenvalue weighted by molar-refractivity contribution is 0.436. The molecule has 1 aliphatic heterocycles. The Morgan fingerprint density at radius 2 is 2.33 bits per heavy atom. The summed E-state index contributed by atoms with van der Waals surface area (Å²) in [6.07, 6.45) is 4.86. The SMILES string of the molecule is CSCCCC1NC(C)(C)CS1. The Kier molecular flexibility index (Phi) is 4.27. The molecule has 1 rings (SSSR count). The molecular formula is C9H19NS2. The van der Waals surface area contributed by atoms with Gasteiger partial charge in [-0.05, 0) is 38.7 Å². The van der Waals surface area contributed by atoms with Crippen LogP contribution in [0.3, 0.4) is 0 Å². The maximum absolute atomic E-state index is 3.64. The maximum Gasteiger partial charge on any atom is 0.0537 e. The third-order valence-corrected chi connectivity index (χ3v) is 4.35. The third-order valence-electron chi connectivity index (χ3n) is 2.01. The smallest absolute Gasteiger partial charge is 0.0537 e. The van der Waals surface area contributed by atoms with Gasteiger partial charge in [0.25, 0.3) is 0 Å². The molecular weight excluding hydrogens is 186 g/mol. The van der Waals surface area contributed by atoms with Crippen LogP contribution in [0.1, 0.15) is 26.7 Å². The van der Waals surface area contributed by atoms with Crippen LogP contribution in [0.4, 0.5) is 0 Å². The van der Waals surface area contributed by atoms with Crippen LogP contribution in [0, 0.1) is 0 Å². The van der Waals surface area contributed by atoms with Gasteiger partial charge in [-0.2, -0.15) is 11.8 Å². The van der Waals surface area contributed by atoms with E-state index in [4.69, 9.17) is 0 Å². The van der Waals surface area contributed by atoms with Crippen molar-refractivity contribution in [3.8, 4) is 0 Å². The van der Waals surface area contributed by atoms with Crippen molar-refractivity contribution in [1.29, 1.82) is 0 Å². The van der Waals surface area contributed by atoms with E-state index in [0.29, 0.717) is 10.9 Å². The molecule has 1 saturated heterocycles. The quantitative estimate of drug-likeness (QED) is 0.709. The van der Waals surface area contributed by atoms with Gasteiger partial charge >= 0.3 is 0 Å². The zero-order valence-corrected chi connectivity index (χ0v) is 9.86. The lowest BCUT2D eigenvalue weighted by Crippen LogP contribution is -2.38. The molecule has 12 heavy (non-hydrogen) atoms. The molecule has 0 aliphatic carbocycles. The molecule has 0 aromatic rings. The normalized spacial score (nSPS) is 27.8. The number of rotatable bonds is 4. The molecule has 1 N–H and O–H groups in total. The Morgan fingerprint density at radius 1 is 1.58 bits per heavy atom. The van der Waals surface area contributed by atoms with Crippen molar-refractivity contribution in [1.82, 2.24) is 5.32 Å². The Hall–Kier alpha value is 0.660. The standard InChI is InChI=1S/C9H19NS2/c1-9(2)7-12-8(10-9)5-4-6-11-3/h8,10H,4-7H2,1-3H3. The van der Waals surface area contributed by atoms with Crippen molar-refractivity contribution in [2.75, 3.05) is 17.8 Å². The van der Waals surface area contributed by atoms with E-state index >= 15 is 0 Å². The fraction of sp³-hybridized carbons (Fsp3) is 1.00. The van der Waals surface area contributed by atoms with Gasteiger partial charge in [0.05, 0.1) is 5.37 Å². The van der Waals surface area contributed by atoms with Crippen molar-refractivity contribution in [3.05, 3.63) is 0 Å². The Morgan fingerprint density at radius 3 is 2.83 bits per heavy atom. The van der Waals surface area contributed by atoms with Crippen molar-refractivity contribution in [2.24, 2.45) is 0 Å². The summed E-state index contributed by atoms with van der Waals surface area (Å²) in [6.45, 7) is 4.57. The summed E-state index contributed by atoms with van der Waals surface area (Å²) in [7, 11) is 0. The summed E-state index contributed by atoms with van der Waals surface area (Å²) < 4.78 is 0. The summed E-state index contributed by atoms with van der Waals surface area (Å²) >= 11 is 4.03. The summed E-state index contributed by atoms with van der Waals surface area (Å²) in [5, 5.41) is 4.36. The first-order chi connectivity index (χ1) is 5.64. The van der Waals surface area contributed by atoms with E-state index in [9.17, 15) is 0 Å². The Labute approximate surface area is 84.4 Å². The molecule has 1 unspecified atom stereocenters. The van der Waals surface area contributed by atoms with Crippen LogP contribution in [-0.2, 0) is 0 Å². The molecule has 1 atom stereocenters. The van der Waals surface area contributed by atoms with Gasteiger partial charge in [-0.1, -0.05) is 0 Å². The second kappa shape index (κ2) is 4.77. The summed E-state index contributed by atoms with van der Waals surface area (Å²) in [4.78, 5) is 0. The number of thioether (sulfide) groups is 2. The summed E-state index contributed by atoms with van der Waals surface area (Å²) in [5.74, 6) is 2.57. The minimum Gasteiger partial charge on any atom is -0.299 e.